The summed E-state index contributed by atoms with van der Waals surface area (Å²) in [5.74, 6) is 0. The maximum atomic E-state index is 3.15. The van der Waals surface area contributed by atoms with Gasteiger partial charge in [0.25, 0.3) is 0 Å². The number of hydrogen-bond donors (Lipinski definition) is 1. The van der Waals surface area contributed by atoms with Crippen LogP contribution in [0.2, 0.25) is 0 Å². The monoisotopic (exact) mass is 146 g/mol. The van der Waals surface area contributed by atoms with Crippen molar-refractivity contribution >= 4 is 0 Å². The Labute approximate surface area is 65.5 Å². The number of hydrogen-bond acceptors (Lipinski definition) is 0. The molecule has 56 valence electrons. The second kappa shape index (κ2) is 2.66. The van der Waals surface area contributed by atoms with Gasteiger partial charge in [0.05, 0.1) is 6.54 Å². The third kappa shape index (κ3) is 1.34. The van der Waals surface area contributed by atoms with Crippen LogP contribution < -0.4 is 0 Å². The van der Waals surface area contributed by atoms with Gasteiger partial charge in [-0.1, -0.05) is 0 Å². The van der Waals surface area contributed by atoms with Gasteiger partial charge in [-0.2, -0.15) is 0 Å². The molecule has 0 aliphatic rings. The summed E-state index contributed by atoms with van der Waals surface area (Å²) in [6.45, 7) is 0.931. The Kier molecular flexibility index (Phi) is 1.52. The van der Waals surface area contributed by atoms with Crippen molar-refractivity contribution in [3.05, 3.63) is 48.5 Å². The maximum Gasteiger partial charge on any atom is 0.0620 e. The highest BCUT2D eigenvalue weighted by molar-refractivity contribution is 5.05. The van der Waals surface area contributed by atoms with Crippen LogP contribution in [-0.2, 0) is 6.54 Å². The van der Waals surface area contributed by atoms with Crippen molar-refractivity contribution in [1.82, 2.24) is 9.55 Å². The molecule has 0 spiro atoms. The summed E-state index contributed by atoms with van der Waals surface area (Å²) < 4.78 is 2.13. The van der Waals surface area contributed by atoms with Crippen molar-refractivity contribution in [3.8, 4) is 0 Å². The number of aromatic nitrogens is 2. The van der Waals surface area contributed by atoms with Crippen LogP contribution in [0.1, 0.15) is 5.69 Å². The summed E-state index contributed by atoms with van der Waals surface area (Å²) in [7, 11) is 0. The van der Waals surface area contributed by atoms with Gasteiger partial charge in [-0.25, -0.2) is 0 Å². The molecule has 2 heterocycles. The van der Waals surface area contributed by atoms with Crippen LogP contribution in [0.25, 0.3) is 0 Å². The maximum absolute atomic E-state index is 3.15. The predicted molar refractivity (Wildman–Crippen MR) is 44.3 cm³/mol. The third-order valence-corrected chi connectivity index (χ3v) is 1.68. The number of aromatic amines is 1. The smallest absolute Gasteiger partial charge is 0.0620 e. The lowest BCUT2D eigenvalue weighted by Crippen LogP contribution is -1.95. The van der Waals surface area contributed by atoms with E-state index in [0.29, 0.717) is 0 Å². The van der Waals surface area contributed by atoms with Gasteiger partial charge in [-0.15, -0.1) is 0 Å². The molecule has 0 saturated carbocycles. The number of rotatable bonds is 2. The lowest BCUT2D eigenvalue weighted by Gasteiger charge is -1.98. The summed E-state index contributed by atoms with van der Waals surface area (Å²) in [5.41, 5.74) is 1.24. The fourth-order valence-corrected chi connectivity index (χ4v) is 1.14. The lowest BCUT2D eigenvalue weighted by atomic mass is 10.4. The van der Waals surface area contributed by atoms with Gasteiger partial charge in [0, 0.05) is 24.3 Å². The first kappa shape index (κ1) is 6.28. The molecule has 0 radical (unpaired) electrons. The number of H-pyrrole nitrogens is 1. The Morgan fingerprint density at radius 2 is 2.00 bits per heavy atom. The van der Waals surface area contributed by atoms with Gasteiger partial charge in [0.15, 0.2) is 0 Å². The molecular formula is C9H10N2. The zero-order valence-electron chi connectivity index (χ0n) is 6.20. The van der Waals surface area contributed by atoms with Crippen LogP contribution in [0.3, 0.4) is 0 Å². The Morgan fingerprint density at radius 1 is 1.18 bits per heavy atom. The minimum absolute atomic E-state index is 0.931. The zero-order valence-corrected chi connectivity index (χ0v) is 6.20. The standard InChI is InChI=1S/C9H10N2/c1-2-7-11(6-1)8-9-4-3-5-10-9/h1-7,10H,8H2. The number of nitrogens with one attached hydrogen (secondary N) is 1. The molecule has 2 aromatic rings. The molecule has 0 aliphatic carbocycles. The van der Waals surface area contributed by atoms with E-state index in [4.69, 9.17) is 0 Å². The first-order valence-corrected chi connectivity index (χ1v) is 3.68. The fourth-order valence-electron chi connectivity index (χ4n) is 1.14. The van der Waals surface area contributed by atoms with Crippen molar-refractivity contribution < 1.29 is 0 Å². The van der Waals surface area contributed by atoms with Crippen molar-refractivity contribution in [2.75, 3.05) is 0 Å². The summed E-state index contributed by atoms with van der Waals surface area (Å²) >= 11 is 0. The fraction of sp³-hybridized carbons (Fsp3) is 0.111. The SMILES string of the molecule is c1c[nH]c(Cn2cccc2)c1. The molecule has 2 nitrogen and oxygen atoms in total. The van der Waals surface area contributed by atoms with Gasteiger partial charge in [-0.3, -0.25) is 0 Å². The highest BCUT2D eigenvalue weighted by atomic mass is 14.9. The van der Waals surface area contributed by atoms with E-state index in [-0.39, 0.29) is 0 Å². The minimum atomic E-state index is 0.931. The molecular weight excluding hydrogens is 136 g/mol. The summed E-state index contributed by atoms with van der Waals surface area (Å²) in [5, 5.41) is 0. The van der Waals surface area contributed by atoms with Crippen LogP contribution >= 0.6 is 0 Å². The van der Waals surface area contributed by atoms with Gasteiger partial charge >= 0.3 is 0 Å². The summed E-state index contributed by atoms with van der Waals surface area (Å²) in [6, 6.07) is 8.16. The lowest BCUT2D eigenvalue weighted by molar-refractivity contribution is 0.786. The van der Waals surface area contributed by atoms with Crippen molar-refractivity contribution in [3.63, 3.8) is 0 Å². The Morgan fingerprint density at radius 3 is 2.64 bits per heavy atom. The predicted octanol–water partition coefficient (Wildman–Crippen LogP) is 1.86. The molecule has 0 fully saturated rings. The Bertz CT molecular complexity index is 260. The average Bonchev–Trinajstić information content (AvgIpc) is 2.60. The molecule has 2 heteroatoms. The molecule has 0 atom stereocenters. The molecule has 0 unspecified atom stereocenters. The summed E-state index contributed by atoms with van der Waals surface area (Å²) in [4.78, 5) is 3.15. The van der Waals surface area contributed by atoms with E-state index in [1.807, 2.05) is 24.4 Å². The van der Waals surface area contributed by atoms with Gasteiger partial charge in [-0.05, 0) is 24.3 Å². The van der Waals surface area contributed by atoms with Crippen LogP contribution in [0.5, 0.6) is 0 Å². The van der Waals surface area contributed by atoms with Crippen LogP contribution in [0.15, 0.2) is 42.9 Å². The zero-order chi connectivity index (χ0) is 7.52. The van der Waals surface area contributed by atoms with E-state index in [2.05, 4.69) is 28.0 Å². The van der Waals surface area contributed by atoms with Gasteiger partial charge in [0.2, 0.25) is 0 Å². The van der Waals surface area contributed by atoms with Gasteiger partial charge < -0.3 is 9.55 Å². The first-order chi connectivity index (χ1) is 5.45. The average molecular weight is 146 g/mol. The molecule has 0 saturated heterocycles. The molecule has 0 bridgehead atoms. The van der Waals surface area contributed by atoms with E-state index >= 15 is 0 Å². The quantitative estimate of drug-likeness (QED) is 0.667. The van der Waals surface area contributed by atoms with E-state index < -0.39 is 0 Å². The van der Waals surface area contributed by atoms with Gasteiger partial charge in [0.1, 0.15) is 0 Å². The number of nitrogens with zero attached hydrogens (tertiary/aromatic N) is 1. The van der Waals surface area contributed by atoms with E-state index in [0.717, 1.165) is 6.54 Å². The minimum Gasteiger partial charge on any atom is -0.364 e. The van der Waals surface area contributed by atoms with E-state index in [1.54, 1.807) is 0 Å². The topological polar surface area (TPSA) is 20.7 Å². The van der Waals surface area contributed by atoms with E-state index in [1.165, 1.54) is 5.69 Å². The van der Waals surface area contributed by atoms with Crippen LogP contribution in [-0.4, -0.2) is 9.55 Å². The molecule has 11 heavy (non-hydrogen) atoms. The largest absolute Gasteiger partial charge is 0.364 e. The first-order valence-electron chi connectivity index (χ1n) is 3.68. The van der Waals surface area contributed by atoms with E-state index in [9.17, 15) is 0 Å². The molecule has 0 amide bonds. The van der Waals surface area contributed by atoms with Crippen molar-refractivity contribution in [2.45, 2.75) is 6.54 Å². The van der Waals surface area contributed by atoms with Crippen molar-refractivity contribution in [1.29, 1.82) is 0 Å². The molecule has 0 aliphatic heterocycles. The summed E-state index contributed by atoms with van der Waals surface area (Å²) in [6.07, 6.45) is 6.06. The highest BCUT2D eigenvalue weighted by Crippen LogP contribution is 1.98. The third-order valence-electron chi connectivity index (χ3n) is 1.68. The highest BCUT2D eigenvalue weighted by Gasteiger charge is 1.91. The Hall–Kier alpha value is -1.44. The van der Waals surface area contributed by atoms with Crippen LogP contribution in [0, 0.1) is 0 Å². The molecule has 2 rings (SSSR count). The van der Waals surface area contributed by atoms with Crippen molar-refractivity contribution in [2.24, 2.45) is 0 Å². The second-order valence-electron chi connectivity index (χ2n) is 2.55. The molecule has 2 aromatic heterocycles. The Balaban J connectivity index is 2.14. The van der Waals surface area contributed by atoms with Crippen LogP contribution in [0.4, 0.5) is 0 Å². The molecule has 1 N–H and O–H groups in total. The normalized spacial score (nSPS) is 10.2. The molecule has 0 aromatic carbocycles. The second-order valence-corrected chi connectivity index (χ2v) is 2.55.